The Labute approximate surface area is 178 Å². The van der Waals surface area contributed by atoms with E-state index >= 15 is 0 Å². The molecule has 1 atom stereocenters. The van der Waals surface area contributed by atoms with Crippen LogP contribution in [-0.4, -0.2) is 56.8 Å². The number of carbonyl (C=O) groups is 1. The number of aromatic nitrogens is 3. The third-order valence-corrected chi connectivity index (χ3v) is 6.37. The number of aryl methyl sites for hydroxylation is 1. The quantitative estimate of drug-likeness (QED) is 0.783. The SMILES string of the molecule is Cc1cc(Nc2cnccn2)cc([C@H]2CCCN2CC(=O)N(C)C2CCCCC2)n1. The molecular weight excluding hydrogens is 376 g/mol. The summed E-state index contributed by atoms with van der Waals surface area (Å²) < 4.78 is 0. The summed E-state index contributed by atoms with van der Waals surface area (Å²) in [4.78, 5) is 30.5. The molecule has 0 aromatic carbocycles. The van der Waals surface area contributed by atoms with Crippen molar-refractivity contribution in [2.24, 2.45) is 0 Å². The van der Waals surface area contributed by atoms with Crippen LogP contribution < -0.4 is 5.32 Å². The van der Waals surface area contributed by atoms with Crippen LogP contribution in [0.25, 0.3) is 0 Å². The Hall–Kier alpha value is -2.54. The van der Waals surface area contributed by atoms with Crippen LogP contribution in [0.15, 0.2) is 30.7 Å². The van der Waals surface area contributed by atoms with E-state index in [4.69, 9.17) is 4.98 Å². The Kier molecular flexibility index (Phi) is 6.57. The lowest BCUT2D eigenvalue weighted by molar-refractivity contribution is -0.134. The second-order valence-corrected chi connectivity index (χ2v) is 8.56. The third-order valence-electron chi connectivity index (χ3n) is 6.37. The highest BCUT2D eigenvalue weighted by molar-refractivity contribution is 5.78. The standard InChI is InChI=1S/C23H32N6O/c1-17-13-18(27-22-15-24-10-11-25-22)14-20(26-17)21-9-6-12-29(21)16-23(30)28(2)19-7-4-3-5-8-19/h10-11,13-15,19,21H,3-9,12,16H2,1-2H3,(H,25,26,27)/t21-/m1/s1. The van der Waals surface area contributed by atoms with Gasteiger partial charge in [-0.05, 0) is 51.3 Å². The first-order valence-electron chi connectivity index (χ1n) is 11.1. The van der Waals surface area contributed by atoms with E-state index in [9.17, 15) is 4.79 Å². The second-order valence-electron chi connectivity index (χ2n) is 8.56. The van der Waals surface area contributed by atoms with Crippen LogP contribution in [0, 0.1) is 6.92 Å². The number of anilines is 2. The summed E-state index contributed by atoms with van der Waals surface area (Å²) >= 11 is 0. The van der Waals surface area contributed by atoms with E-state index in [1.54, 1.807) is 18.6 Å². The van der Waals surface area contributed by atoms with Gasteiger partial charge in [-0.25, -0.2) is 4.98 Å². The molecule has 1 aliphatic carbocycles. The van der Waals surface area contributed by atoms with Crippen molar-refractivity contribution in [3.63, 3.8) is 0 Å². The first-order chi connectivity index (χ1) is 14.6. The number of hydrogen-bond donors (Lipinski definition) is 1. The second kappa shape index (κ2) is 9.51. The number of hydrogen-bond acceptors (Lipinski definition) is 6. The van der Waals surface area contributed by atoms with E-state index in [1.807, 2.05) is 24.9 Å². The van der Waals surface area contributed by atoms with E-state index in [0.29, 0.717) is 18.4 Å². The van der Waals surface area contributed by atoms with Crippen molar-refractivity contribution in [1.29, 1.82) is 0 Å². The number of carbonyl (C=O) groups excluding carboxylic acids is 1. The molecular formula is C23H32N6O. The van der Waals surface area contributed by atoms with Gasteiger partial charge in [0.05, 0.1) is 24.5 Å². The molecule has 7 nitrogen and oxygen atoms in total. The van der Waals surface area contributed by atoms with Crippen molar-refractivity contribution in [3.8, 4) is 0 Å². The summed E-state index contributed by atoms with van der Waals surface area (Å²) in [5, 5.41) is 3.32. The van der Waals surface area contributed by atoms with E-state index in [-0.39, 0.29) is 11.9 Å². The topological polar surface area (TPSA) is 74.2 Å². The zero-order valence-electron chi connectivity index (χ0n) is 18.0. The van der Waals surface area contributed by atoms with Crippen molar-refractivity contribution < 1.29 is 4.79 Å². The van der Waals surface area contributed by atoms with Crippen LogP contribution >= 0.6 is 0 Å². The number of rotatable bonds is 6. The molecule has 4 rings (SSSR count). The molecule has 1 saturated carbocycles. The van der Waals surface area contributed by atoms with Crippen LogP contribution in [0.2, 0.25) is 0 Å². The van der Waals surface area contributed by atoms with Crippen LogP contribution in [0.4, 0.5) is 11.5 Å². The van der Waals surface area contributed by atoms with E-state index in [0.717, 1.165) is 49.3 Å². The van der Waals surface area contributed by atoms with Crippen molar-refractivity contribution in [3.05, 3.63) is 42.1 Å². The minimum atomic E-state index is 0.177. The molecule has 1 saturated heterocycles. The summed E-state index contributed by atoms with van der Waals surface area (Å²) in [7, 11) is 1.98. The van der Waals surface area contributed by atoms with Gasteiger partial charge in [0.2, 0.25) is 5.91 Å². The van der Waals surface area contributed by atoms with Crippen molar-refractivity contribution in [1.82, 2.24) is 24.8 Å². The maximum Gasteiger partial charge on any atom is 0.236 e. The minimum Gasteiger partial charge on any atom is -0.342 e. The fourth-order valence-electron chi connectivity index (χ4n) is 4.76. The normalized spacial score (nSPS) is 20.3. The molecule has 3 heterocycles. The van der Waals surface area contributed by atoms with Gasteiger partial charge in [-0.1, -0.05) is 19.3 Å². The highest BCUT2D eigenvalue weighted by Gasteiger charge is 2.31. The molecule has 0 unspecified atom stereocenters. The van der Waals surface area contributed by atoms with Gasteiger partial charge in [-0.15, -0.1) is 0 Å². The Bertz CT molecular complexity index is 852. The molecule has 0 spiro atoms. The molecule has 2 fully saturated rings. The maximum absolute atomic E-state index is 13.0. The molecule has 0 radical (unpaired) electrons. The molecule has 2 aromatic heterocycles. The molecule has 7 heteroatoms. The summed E-state index contributed by atoms with van der Waals surface area (Å²) in [5.41, 5.74) is 2.93. The number of likely N-dealkylation sites (tertiary alicyclic amines) is 1. The van der Waals surface area contributed by atoms with Crippen LogP contribution in [-0.2, 0) is 4.79 Å². The van der Waals surface area contributed by atoms with E-state index < -0.39 is 0 Å². The molecule has 0 bridgehead atoms. The van der Waals surface area contributed by atoms with Gasteiger partial charge in [0.15, 0.2) is 0 Å². The lowest BCUT2D eigenvalue weighted by Gasteiger charge is -2.33. The Morgan fingerprint density at radius 3 is 2.77 bits per heavy atom. The average molecular weight is 409 g/mol. The van der Waals surface area contributed by atoms with E-state index in [1.165, 1.54) is 19.3 Å². The summed E-state index contributed by atoms with van der Waals surface area (Å²) in [6, 6.07) is 4.68. The van der Waals surface area contributed by atoms with Gasteiger partial charge in [0.1, 0.15) is 5.82 Å². The van der Waals surface area contributed by atoms with Gasteiger partial charge in [0, 0.05) is 36.9 Å². The third kappa shape index (κ3) is 4.95. The minimum absolute atomic E-state index is 0.177. The molecule has 2 aromatic rings. The van der Waals surface area contributed by atoms with Gasteiger partial charge in [-0.3, -0.25) is 19.7 Å². The summed E-state index contributed by atoms with van der Waals surface area (Å²) in [5.74, 6) is 0.945. The highest BCUT2D eigenvalue weighted by atomic mass is 16.2. The Balaban J connectivity index is 1.45. The molecule has 1 amide bonds. The number of nitrogens with zero attached hydrogens (tertiary/aromatic N) is 5. The Morgan fingerprint density at radius 1 is 1.17 bits per heavy atom. The van der Waals surface area contributed by atoms with Crippen LogP contribution in [0.1, 0.15) is 62.4 Å². The molecule has 160 valence electrons. The zero-order chi connectivity index (χ0) is 20.9. The first-order valence-corrected chi connectivity index (χ1v) is 11.1. The smallest absolute Gasteiger partial charge is 0.236 e. The molecule has 1 aliphatic heterocycles. The fraction of sp³-hybridized carbons (Fsp3) is 0.565. The lowest BCUT2D eigenvalue weighted by atomic mass is 9.94. The van der Waals surface area contributed by atoms with Gasteiger partial charge in [-0.2, -0.15) is 0 Å². The maximum atomic E-state index is 13.0. The predicted molar refractivity (Wildman–Crippen MR) is 117 cm³/mol. The Morgan fingerprint density at radius 2 is 2.00 bits per heavy atom. The van der Waals surface area contributed by atoms with Gasteiger partial charge in [0.25, 0.3) is 0 Å². The summed E-state index contributed by atoms with van der Waals surface area (Å²) in [6.45, 7) is 3.42. The number of likely N-dealkylation sites (N-methyl/N-ethyl adjacent to an activating group) is 1. The number of amides is 1. The van der Waals surface area contributed by atoms with Gasteiger partial charge < -0.3 is 10.2 Å². The van der Waals surface area contributed by atoms with Gasteiger partial charge >= 0.3 is 0 Å². The summed E-state index contributed by atoms with van der Waals surface area (Å²) in [6.07, 6.45) is 13.2. The van der Waals surface area contributed by atoms with Crippen molar-refractivity contribution in [2.75, 3.05) is 25.5 Å². The van der Waals surface area contributed by atoms with Crippen molar-refractivity contribution >= 4 is 17.4 Å². The number of nitrogens with one attached hydrogen (secondary N) is 1. The monoisotopic (exact) mass is 408 g/mol. The van der Waals surface area contributed by atoms with Crippen molar-refractivity contribution in [2.45, 2.75) is 64.0 Å². The lowest BCUT2D eigenvalue weighted by Crippen LogP contribution is -2.44. The molecule has 30 heavy (non-hydrogen) atoms. The molecule has 1 N–H and O–H groups in total. The van der Waals surface area contributed by atoms with Crippen LogP contribution in [0.3, 0.4) is 0 Å². The van der Waals surface area contributed by atoms with Crippen LogP contribution in [0.5, 0.6) is 0 Å². The largest absolute Gasteiger partial charge is 0.342 e. The first kappa shape index (κ1) is 20.7. The van der Waals surface area contributed by atoms with E-state index in [2.05, 4.69) is 26.3 Å². The predicted octanol–water partition coefficient (Wildman–Crippen LogP) is 3.85. The zero-order valence-corrected chi connectivity index (χ0v) is 18.0. The highest BCUT2D eigenvalue weighted by Crippen LogP contribution is 2.33. The number of pyridine rings is 1. The fourth-order valence-corrected chi connectivity index (χ4v) is 4.76. The molecule has 2 aliphatic rings. The average Bonchev–Trinajstić information content (AvgIpc) is 3.22.